The monoisotopic (exact) mass is 591 g/mol. The molecule has 2 aromatic heterocycles. The van der Waals surface area contributed by atoms with Gasteiger partial charge in [0.1, 0.15) is 11.3 Å². The number of aromatic nitrogens is 1. The molecular formula is C42H29N3O. The van der Waals surface area contributed by atoms with Crippen molar-refractivity contribution in [2.24, 2.45) is 0 Å². The second-order valence-electron chi connectivity index (χ2n) is 11.7. The second kappa shape index (κ2) is 10.8. The Morgan fingerprint density at radius 1 is 0.630 bits per heavy atom. The summed E-state index contributed by atoms with van der Waals surface area (Å²) in [5.74, 6) is 0.888. The first-order valence-electron chi connectivity index (χ1n) is 15.6. The lowest BCUT2D eigenvalue weighted by Gasteiger charge is -2.29. The highest BCUT2D eigenvalue weighted by Crippen LogP contribution is 2.54. The van der Waals surface area contributed by atoms with E-state index in [1.54, 1.807) is 0 Å². The summed E-state index contributed by atoms with van der Waals surface area (Å²) < 4.78 is 6.74. The number of benzene rings is 5. The molecule has 4 nitrogen and oxygen atoms in total. The predicted molar refractivity (Wildman–Crippen MR) is 189 cm³/mol. The molecule has 0 radical (unpaired) electrons. The second-order valence-corrected chi connectivity index (χ2v) is 11.7. The fraction of sp³-hybridized carbons (Fsp3) is 0.0238. The van der Waals surface area contributed by atoms with Crippen LogP contribution < -0.4 is 10.2 Å². The highest BCUT2D eigenvalue weighted by Gasteiger charge is 2.31. The van der Waals surface area contributed by atoms with E-state index in [2.05, 4.69) is 143 Å². The van der Waals surface area contributed by atoms with Crippen molar-refractivity contribution in [3.63, 3.8) is 0 Å². The highest BCUT2D eigenvalue weighted by molar-refractivity contribution is 6.11. The predicted octanol–water partition coefficient (Wildman–Crippen LogP) is 10.8. The molecule has 46 heavy (non-hydrogen) atoms. The third-order valence-corrected chi connectivity index (χ3v) is 8.94. The molecule has 0 saturated heterocycles. The van der Waals surface area contributed by atoms with E-state index in [4.69, 9.17) is 4.42 Å². The zero-order valence-electron chi connectivity index (χ0n) is 25.0. The van der Waals surface area contributed by atoms with Crippen LogP contribution in [0.2, 0.25) is 0 Å². The molecule has 2 aliphatic rings. The van der Waals surface area contributed by atoms with Gasteiger partial charge in [0.15, 0.2) is 0 Å². The van der Waals surface area contributed by atoms with Gasteiger partial charge in [-0.05, 0) is 94.7 Å². The number of fused-ring (bicyclic) bond motifs is 7. The molecule has 0 spiro atoms. The maximum atomic E-state index is 6.74. The molecule has 0 fully saturated rings. The Hall–Kier alpha value is -6.13. The van der Waals surface area contributed by atoms with Crippen molar-refractivity contribution < 1.29 is 4.42 Å². The third-order valence-electron chi connectivity index (χ3n) is 8.94. The summed E-state index contributed by atoms with van der Waals surface area (Å²) in [7, 11) is 0. The molecule has 4 heterocycles. The van der Waals surface area contributed by atoms with Crippen LogP contribution in [0.1, 0.15) is 5.56 Å². The Morgan fingerprint density at radius 3 is 2.30 bits per heavy atom. The van der Waals surface area contributed by atoms with Crippen LogP contribution in [0.5, 0.6) is 0 Å². The van der Waals surface area contributed by atoms with Gasteiger partial charge in [0.2, 0.25) is 0 Å². The van der Waals surface area contributed by atoms with Gasteiger partial charge < -0.3 is 14.6 Å². The minimum atomic E-state index is 0.764. The minimum Gasteiger partial charge on any atom is -0.455 e. The smallest absolute Gasteiger partial charge is 0.145 e. The van der Waals surface area contributed by atoms with Crippen molar-refractivity contribution in [2.45, 2.75) is 0 Å². The van der Waals surface area contributed by atoms with Gasteiger partial charge in [-0.1, -0.05) is 78.9 Å². The number of pyridine rings is 1. The Balaban J connectivity index is 1.36. The van der Waals surface area contributed by atoms with Gasteiger partial charge in [-0.15, -0.1) is 0 Å². The first-order chi connectivity index (χ1) is 22.8. The van der Waals surface area contributed by atoms with Gasteiger partial charge in [-0.2, -0.15) is 0 Å². The van der Waals surface area contributed by atoms with Crippen LogP contribution >= 0.6 is 0 Å². The average molecular weight is 592 g/mol. The van der Waals surface area contributed by atoms with Crippen LogP contribution in [0.15, 0.2) is 163 Å². The molecule has 9 rings (SSSR count). The summed E-state index contributed by atoms with van der Waals surface area (Å²) in [4.78, 5) is 6.86. The van der Waals surface area contributed by atoms with E-state index in [0.29, 0.717) is 0 Å². The number of anilines is 3. The van der Waals surface area contributed by atoms with Crippen LogP contribution in [-0.2, 0) is 0 Å². The third kappa shape index (κ3) is 4.34. The maximum absolute atomic E-state index is 6.74. The summed E-state index contributed by atoms with van der Waals surface area (Å²) in [5, 5.41) is 4.50. The number of para-hydroxylation sites is 2. The number of furan rings is 1. The molecule has 0 unspecified atom stereocenters. The number of nitrogens with zero attached hydrogens (tertiary/aromatic N) is 2. The zero-order chi connectivity index (χ0) is 30.5. The molecule has 4 heteroatoms. The molecule has 7 aromatic rings. The Kier molecular flexibility index (Phi) is 6.17. The molecule has 1 N–H and O–H groups in total. The summed E-state index contributed by atoms with van der Waals surface area (Å²) in [5.41, 5.74) is 14.4. The molecule has 5 aromatic carbocycles. The van der Waals surface area contributed by atoms with Crippen molar-refractivity contribution in [2.75, 3.05) is 11.4 Å². The Morgan fingerprint density at radius 2 is 1.43 bits per heavy atom. The van der Waals surface area contributed by atoms with E-state index in [1.807, 2.05) is 30.7 Å². The lowest BCUT2D eigenvalue weighted by atomic mass is 9.94. The number of nitrogens with one attached hydrogen (secondary N) is 1. The van der Waals surface area contributed by atoms with E-state index in [0.717, 1.165) is 73.7 Å². The fourth-order valence-electron chi connectivity index (χ4n) is 6.80. The lowest BCUT2D eigenvalue weighted by Crippen LogP contribution is -2.14. The van der Waals surface area contributed by atoms with Crippen molar-refractivity contribution in [3.05, 3.63) is 164 Å². The molecule has 2 aliphatic heterocycles. The van der Waals surface area contributed by atoms with E-state index in [9.17, 15) is 0 Å². The Bertz CT molecular complexity index is 2320. The van der Waals surface area contributed by atoms with Gasteiger partial charge >= 0.3 is 0 Å². The van der Waals surface area contributed by atoms with E-state index < -0.39 is 0 Å². The summed E-state index contributed by atoms with van der Waals surface area (Å²) in [6.07, 6.45) is 10.0. The summed E-state index contributed by atoms with van der Waals surface area (Å²) >= 11 is 0. The van der Waals surface area contributed by atoms with E-state index in [1.165, 1.54) is 16.7 Å². The van der Waals surface area contributed by atoms with Gasteiger partial charge in [-0.3, -0.25) is 4.98 Å². The topological polar surface area (TPSA) is 41.3 Å². The van der Waals surface area contributed by atoms with E-state index in [-0.39, 0.29) is 0 Å². The minimum absolute atomic E-state index is 0.764. The number of hydrogen-bond acceptors (Lipinski definition) is 4. The van der Waals surface area contributed by atoms with Crippen molar-refractivity contribution in [1.82, 2.24) is 10.3 Å². The fourth-order valence-corrected chi connectivity index (χ4v) is 6.80. The largest absolute Gasteiger partial charge is 0.455 e. The molecular weight excluding hydrogens is 562 g/mol. The van der Waals surface area contributed by atoms with Crippen LogP contribution in [-0.4, -0.2) is 11.5 Å². The molecule has 0 aliphatic carbocycles. The molecule has 0 amide bonds. The van der Waals surface area contributed by atoms with Crippen molar-refractivity contribution in [3.8, 4) is 44.7 Å². The molecule has 0 atom stereocenters. The Labute approximate surface area is 267 Å². The number of rotatable bonds is 4. The van der Waals surface area contributed by atoms with Crippen molar-refractivity contribution >= 4 is 33.6 Å². The average Bonchev–Trinajstić information content (AvgIpc) is 3.47. The van der Waals surface area contributed by atoms with Gasteiger partial charge in [0, 0.05) is 52.3 Å². The van der Waals surface area contributed by atoms with Gasteiger partial charge in [-0.25, -0.2) is 0 Å². The van der Waals surface area contributed by atoms with Gasteiger partial charge in [0.25, 0.3) is 0 Å². The number of hydrogen-bond donors (Lipinski definition) is 1. The summed E-state index contributed by atoms with van der Waals surface area (Å²) in [6.45, 7) is 0.764. The van der Waals surface area contributed by atoms with Crippen LogP contribution in [0.4, 0.5) is 17.1 Å². The number of dihydropyridines is 1. The quantitative estimate of drug-likeness (QED) is 0.221. The van der Waals surface area contributed by atoms with Crippen LogP contribution in [0, 0.1) is 0 Å². The number of allylic oxidation sites excluding steroid dienone is 2. The SMILES string of the molecule is C1=CNCC(c2cc(-c3cccnc3)cc(N3c4ccccc4-c4oc5ccccc5c4-c4cc(-c5ccccc5)ccc43)c2)=C1. The zero-order valence-corrected chi connectivity index (χ0v) is 25.0. The van der Waals surface area contributed by atoms with Crippen LogP contribution in [0.3, 0.4) is 0 Å². The van der Waals surface area contributed by atoms with Crippen molar-refractivity contribution in [1.29, 1.82) is 0 Å². The molecule has 0 saturated carbocycles. The highest BCUT2D eigenvalue weighted by atomic mass is 16.3. The van der Waals surface area contributed by atoms with E-state index >= 15 is 0 Å². The van der Waals surface area contributed by atoms with Gasteiger partial charge in [0.05, 0.1) is 11.4 Å². The molecule has 218 valence electrons. The lowest BCUT2D eigenvalue weighted by molar-refractivity contribution is 0.633. The molecule has 0 bridgehead atoms. The normalized spacial score (nSPS) is 13.3. The first-order valence-corrected chi connectivity index (χ1v) is 15.6. The maximum Gasteiger partial charge on any atom is 0.145 e. The first kappa shape index (κ1) is 26.3. The standard InChI is InChI=1S/C42H29N3O/c1-2-10-28(11-3-1)29-18-19-39-37(25-29)41-36-15-5-7-17-40(36)46-42(41)35-14-4-6-16-38(35)45(39)34-23-32(30-12-8-20-43-26-30)22-33(24-34)31-13-9-21-44-27-31/h1-26,44H,27H2. The van der Waals surface area contributed by atoms with Crippen LogP contribution in [0.25, 0.3) is 61.2 Å². The summed E-state index contributed by atoms with van der Waals surface area (Å²) in [6, 6.07) is 45.4.